The van der Waals surface area contributed by atoms with Gasteiger partial charge in [-0.15, -0.1) is 11.3 Å². The number of aliphatic hydroxyl groups excluding tert-OH is 1. The Morgan fingerprint density at radius 3 is 2.45 bits per heavy atom. The fourth-order valence-electron chi connectivity index (χ4n) is 8.08. The van der Waals surface area contributed by atoms with Crippen molar-refractivity contribution in [2.75, 3.05) is 19.0 Å². The third kappa shape index (κ3) is 8.14. The Bertz CT molecular complexity index is 1870. The molecule has 1 heterocycles. The minimum absolute atomic E-state index is 0.0235. The molecule has 7 nitrogen and oxygen atoms in total. The van der Waals surface area contributed by atoms with Gasteiger partial charge in [0.05, 0.1) is 30.2 Å². The summed E-state index contributed by atoms with van der Waals surface area (Å²) in [6.07, 6.45) is 6.17. The van der Waals surface area contributed by atoms with Crippen LogP contribution in [0.5, 0.6) is 5.75 Å². The molecule has 3 aliphatic carbocycles. The number of aryl methyl sites for hydroxylation is 1. The van der Waals surface area contributed by atoms with Crippen molar-refractivity contribution in [3.8, 4) is 5.75 Å². The van der Waals surface area contributed by atoms with Gasteiger partial charge in [0.15, 0.2) is 0 Å². The average molecular weight is 707 g/mol. The Labute approximate surface area is 306 Å². The van der Waals surface area contributed by atoms with Crippen molar-refractivity contribution < 1.29 is 24.5 Å². The first-order valence-electron chi connectivity index (χ1n) is 18.0. The predicted molar refractivity (Wildman–Crippen MR) is 205 cm³/mol. The molecule has 268 valence electrons. The lowest BCUT2D eigenvalue weighted by Gasteiger charge is -2.46. The van der Waals surface area contributed by atoms with Gasteiger partial charge in [-0.2, -0.15) is 0 Å². The zero-order chi connectivity index (χ0) is 36.2. The highest BCUT2D eigenvalue weighted by atomic mass is 32.1. The number of aliphatic hydroxyl groups is 2. The number of methoxy groups -OCH3 is 1. The van der Waals surface area contributed by atoms with E-state index in [1.807, 2.05) is 73.7 Å². The SMILES string of the molecule is COc1ccc(NC(=O)N(Cc2ccccc2)CC2(O)CCC3c4ccc(cc4C(=O)c4ccc(C)s4)CC(O)CCC(C)=CCCC32C)cc1. The van der Waals surface area contributed by atoms with Gasteiger partial charge >= 0.3 is 6.03 Å². The van der Waals surface area contributed by atoms with Crippen LogP contribution in [0.15, 0.2) is 96.6 Å². The molecule has 4 atom stereocenters. The zero-order valence-electron chi connectivity index (χ0n) is 30.2. The van der Waals surface area contributed by atoms with Gasteiger partial charge in [-0.3, -0.25) is 4.79 Å². The third-order valence-electron chi connectivity index (χ3n) is 11.2. The normalized spacial score (nSPS) is 23.5. The molecule has 2 bridgehead atoms. The van der Waals surface area contributed by atoms with Gasteiger partial charge in [-0.05, 0) is 124 Å². The van der Waals surface area contributed by atoms with E-state index in [1.54, 1.807) is 24.1 Å². The number of hydrogen-bond acceptors (Lipinski definition) is 6. The number of allylic oxidation sites excluding steroid dienone is 2. The van der Waals surface area contributed by atoms with Gasteiger partial charge < -0.3 is 25.2 Å². The number of amides is 2. The van der Waals surface area contributed by atoms with Crippen LogP contribution in [-0.2, 0) is 13.0 Å². The van der Waals surface area contributed by atoms with Crippen molar-refractivity contribution in [3.63, 3.8) is 0 Å². The molecule has 0 aliphatic heterocycles. The van der Waals surface area contributed by atoms with E-state index in [1.165, 1.54) is 16.9 Å². The molecule has 3 aromatic carbocycles. The standard InChI is InChI=1S/C43H50N2O5S/c1-29-9-8-23-42(3)38(36-20-14-32(25-34(46)17-12-29)26-37(36)40(47)39-21-13-30(2)51-39)22-24-43(42,49)28-45(27-31-10-6-5-7-11-31)41(48)44-33-15-18-35(50-4)19-16-33/h5-7,9-11,13-16,18-21,26,34,38,46,49H,8,12,17,22-25,27-28H2,1-4H3,(H,44,48). The first kappa shape index (κ1) is 36.5. The number of hydrogen-bond donors (Lipinski definition) is 3. The van der Waals surface area contributed by atoms with E-state index in [4.69, 9.17) is 4.74 Å². The molecule has 2 amide bonds. The number of nitrogens with zero attached hydrogens (tertiary/aromatic N) is 1. The number of rotatable bonds is 8. The Hall–Kier alpha value is -4.24. The summed E-state index contributed by atoms with van der Waals surface area (Å²) >= 11 is 1.49. The van der Waals surface area contributed by atoms with Gasteiger partial charge in [0, 0.05) is 28.1 Å². The lowest BCUT2D eigenvalue weighted by Crippen LogP contribution is -2.54. The fraction of sp³-hybridized carbons (Fsp3) is 0.395. The van der Waals surface area contributed by atoms with Crippen molar-refractivity contribution in [2.24, 2.45) is 5.41 Å². The van der Waals surface area contributed by atoms with Crippen LogP contribution >= 0.6 is 11.3 Å². The Kier molecular flexibility index (Phi) is 11.2. The number of anilines is 1. The number of fused-ring (bicyclic) bond motifs is 8. The maximum Gasteiger partial charge on any atom is 0.322 e. The molecule has 7 rings (SSSR count). The van der Waals surface area contributed by atoms with Gasteiger partial charge in [0.1, 0.15) is 5.75 Å². The molecule has 0 radical (unpaired) electrons. The first-order valence-corrected chi connectivity index (χ1v) is 18.8. The molecule has 3 N–H and O–H groups in total. The van der Waals surface area contributed by atoms with E-state index >= 15 is 0 Å². The lowest BCUT2D eigenvalue weighted by atomic mass is 9.64. The molecule has 1 fully saturated rings. The zero-order valence-corrected chi connectivity index (χ0v) is 31.0. The largest absolute Gasteiger partial charge is 0.497 e. The van der Waals surface area contributed by atoms with Crippen molar-refractivity contribution in [3.05, 3.63) is 129 Å². The molecule has 1 aromatic heterocycles. The minimum atomic E-state index is -1.25. The van der Waals surface area contributed by atoms with E-state index < -0.39 is 17.1 Å². The van der Waals surface area contributed by atoms with Crippen LogP contribution in [0.3, 0.4) is 0 Å². The first-order chi connectivity index (χ1) is 24.5. The maximum absolute atomic E-state index is 14.3. The summed E-state index contributed by atoms with van der Waals surface area (Å²) in [5, 5.41) is 27.0. The highest BCUT2D eigenvalue weighted by molar-refractivity contribution is 7.14. The van der Waals surface area contributed by atoms with Crippen molar-refractivity contribution in [1.29, 1.82) is 0 Å². The number of ether oxygens (including phenoxy) is 1. The highest BCUT2D eigenvalue weighted by Gasteiger charge is 2.57. The molecule has 3 aliphatic rings. The van der Waals surface area contributed by atoms with E-state index in [2.05, 4.69) is 31.3 Å². The number of nitrogens with one attached hydrogen (secondary N) is 1. The van der Waals surface area contributed by atoms with Crippen LogP contribution in [0.2, 0.25) is 0 Å². The van der Waals surface area contributed by atoms with E-state index in [0.29, 0.717) is 60.5 Å². The summed E-state index contributed by atoms with van der Waals surface area (Å²) in [6.45, 7) is 6.71. The Morgan fingerprint density at radius 1 is 0.980 bits per heavy atom. The molecule has 51 heavy (non-hydrogen) atoms. The van der Waals surface area contributed by atoms with Gasteiger partial charge in [0.25, 0.3) is 0 Å². The highest BCUT2D eigenvalue weighted by Crippen LogP contribution is 2.59. The quantitative estimate of drug-likeness (QED) is 0.125. The number of carbonyl (C=O) groups is 2. The smallest absolute Gasteiger partial charge is 0.322 e. The summed E-state index contributed by atoms with van der Waals surface area (Å²) in [7, 11) is 1.61. The molecule has 1 saturated carbocycles. The van der Waals surface area contributed by atoms with Gasteiger partial charge in [-0.25, -0.2) is 4.79 Å². The fourth-order valence-corrected chi connectivity index (χ4v) is 8.90. The number of ketones is 1. The summed E-state index contributed by atoms with van der Waals surface area (Å²) in [6, 6.07) is 26.7. The summed E-state index contributed by atoms with van der Waals surface area (Å²) in [5.74, 6) is 0.536. The van der Waals surface area contributed by atoms with Crippen LogP contribution in [0.4, 0.5) is 10.5 Å². The second kappa shape index (κ2) is 15.6. The van der Waals surface area contributed by atoms with Crippen molar-refractivity contribution in [2.45, 2.75) is 89.9 Å². The maximum atomic E-state index is 14.3. The number of benzene rings is 3. The van der Waals surface area contributed by atoms with Crippen molar-refractivity contribution in [1.82, 2.24) is 4.90 Å². The number of carbonyl (C=O) groups excluding carboxylic acids is 2. The molecular formula is C43H50N2O5S. The number of thiophene rings is 1. The number of urea groups is 1. The van der Waals surface area contributed by atoms with E-state index in [-0.39, 0.29) is 24.3 Å². The minimum Gasteiger partial charge on any atom is -0.497 e. The second-order valence-corrected chi connectivity index (χ2v) is 16.0. The molecule has 4 unspecified atom stereocenters. The van der Waals surface area contributed by atoms with E-state index in [9.17, 15) is 19.8 Å². The second-order valence-electron chi connectivity index (χ2n) is 14.7. The van der Waals surface area contributed by atoms with Crippen LogP contribution in [0.25, 0.3) is 0 Å². The molecule has 0 saturated heterocycles. The Morgan fingerprint density at radius 2 is 1.75 bits per heavy atom. The van der Waals surface area contributed by atoms with Crippen LogP contribution < -0.4 is 10.1 Å². The van der Waals surface area contributed by atoms with Crippen LogP contribution in [0, 0.1) is 12.3 Å². The molecular weight excluding hydrogens is 657 g/mol. The van der Waals surface area contributed by atoms with E-state index in [0.717, 1.165) is 34.4 Å². The summed E-state index contributed by atoms with van der Waals surface area (Å²) < 4.78 is 5.30. The predicted octanol–water partition coefficient (Wildman–Crippen LogP) is 9.07. The molecule has 4 aromatic rings. The molecule has 0 spiro atoms. The topological polar surface area (TPSA) is 99.1 Å². The third-order valence-corrected chi connectivity index (χ3v) is 12.2. The Balaban J connectivity index is 1.40. The van der Waals surface area contributed by atoms with Gasteiger partial charge in [-0.1, -0.05) is 61.0 Å². The van der Waals surface area contributed by atoms with Gasteiger partial charge in [0.2, 0.25) is 5.78 Å². The lowest BCUT2D eigenvalue weighted by molar-refractivity contribution is -0.0773. The molecule has 8 heteroatoms. The summed E-state index contributed by atoms with van der Waals surface area (Å²) in [4.78, 5) is 31.9. The monoisotopic (exact) mass is 706 g/mol. The average Bonchev–Trinajstić information content (AvgIpc) is 3.67. The van der Waals surface area contributed by atoms with Crippen LogP contribution in [-0.4, -0.2) is 52.3 Å². The summed E-state index contributed by atoms with van der Waals surface area (Å²) in [5.41, 5.74) is 3.39. The van der Waals surface area contributed by atoms with Crippen molar-refractivity contribution >= 4 is 28.8 Å². The van der Waals surface area contributed by atoms with Crippen LogP contribution in [0.1, 0.15) is 95.1 Å².